The van der Waals surface area contributed by atoms with Crippen molar-refractivity contribution in [2.45, 2.75) is 13.0 Å². The summed E-state index contributed by atoms with van der Waals surface area (Å²) in [5.41, 5.74) is 3.28. The van der Waals surface area contributed by atoms with Crippen LogP contribution in [0, 0.1) is 6.92 Å². The molecule has 2 N–H and O–H groups in total. The first kappa shape index (κ1) is 21.3. The number of halogens is 2. The minimum Gasteiger partial charge on any atom is -0.507 e. The second-order valence-electron chi connectivity index (χ2n) is 7.93. The number of aliphatic hydroxyl groups excluding tert-OH is 1. The molecule has 1 atom stereocenters. The van der Waals surface area contributed by atoms with Gasteiger partial charge in [0.2, 0.25) is 0 Å². The summed E-state index contributed by atoms with van der Waals surface area (Å²) in [5, 5.41) is 12.8. The van der Waals surface area contributed by atoms with Gasteiger partial charge in [0, 0.05) is 28.4 Å². The predicted molar refractivity (Wildman–Crippen MR) is 131 cm³/mol. The third-order valence-corrected chi connectivity index (χ3v) is 6.57. The fourth-order valence-corrected chi connectivity index (χ4v) is 4.59. The number of nitrogens with zero attached hydrogens (tertiary/aromatic N) is 1. The number of benzene rings is 3. The van der Waals surface area contributed by atoms with E-state index in [2.05, 4.69) is 4.98 Å². The van der Waals surface area contributed by atoms with Gasteiger partial charge in [-0.05, 0) is 48.4 Å². The quantitative estimate of drug-likeness (QED) is 0.204. The van der Waals surface area contributed by atoms with Crippen molar-refractivity contribution in [1.82, 2.24) is 4.98 Å². The van der Waals surface area contributed by atoms with E-state index in [4.69, 9.17) is 23.2 Å². The number of H-pyrrole nitrogens is 1. The zero-order valence-electron chi connectivity index (χ0n) is 17.5. The number of aliphatic hydroxyl groups is 1. The Kier molecular flexibility index (Phi) is 5.23. The van der Waals surface area contributed by atoms with Crippen LogP contribution >= 0.6 is 23.2 Å². The van der Waals surface area contributed by atoms with Crippen LogP contribution in [0.1, 0.15) is 22.7 Å². The summed E-state index contributed by atoms with van der Waals surface area (Å²) in [5.74, 6) is -1.74. The maximum atomic E-state index is 13.3. The first-order chi connectivity index (χ1) is 15.9. The Labute approximate surface area is 199 Å². The number of aromatic nitrogens is 1. The smallest absolute Gasteiger partial charge is 0.300 e. The zero-order chi connectivity index (χ0) is 23.3. The number of aryl methyl sites for hydroxylation is 1. The molecule has 0 bridgehead atoms. The molecule has 164 valence electrons. The Morgan fingerprint density at radius 3 is 2.52 bits per heavy atom. The van der Waals surface area contributed by atoms with Crippen molar-refractivity contribution in [3.63, 3.8) is 0 Å². The van der Waals surface area contributed by atoms with Crippen LogP contribution in [0.4, 0.5) is 5.69 Å². The molecule has 5 rings (SSSR count). The first-order valence-electron chi connectivity index (χ1n) is 10.3. The minimum atomic E-state index is -0.879. The lowest BCUT2D eigenvalue weighted by Gasteiger charge is -2.26. The highest BCUT2D eigenvalue weighted by molar-refractivity contribution is 6.52. The standard InChI is InChI=1S/C26H18Cl2N2O3/c1-14-5-4-6-16(11-14)30-23(15-9-10-19(27)20(28)12-15)22(25(32)26(30)33)24(31)18-13-29-21-8-3-2-7-17(18)21/h2-13,23,29,31H,1H3/b24-22-. The second-order valence-corrected chi connectivity index (χ2v) is 8.74. The highest BCUT2D eigenvalue weighted by Gasteiger charge is 2.47. The molecule has 1 saturated heterocycles. The van der Waals surface area contributed by atoms with Gasteiger partial charge >= 0.3 is 0 Å². The van der Waals surface area contributed by atoms with Gasteiger partial charge in [-0.1, -0.05) is 59.6 Å². The fourth-order valence-electron chi connectivity index (χ4n) is 4.29. The number of anilines is 1. The van der Waals surface area contributed by atoms with Crippen LogP contribution in [0.25, 0.3) is 16.7 Å². The number of carbonyl (C=O) groups excluding carboxylic acids is 2. The molecule has 1 unspecified atom stereocenters. The monoisotopic (exact) mass is 476 g/mol. The highest BCUT2D eigenvalue weighted by Crippen LogP contribution is 2.44. The van der Waals surface area contributed by atoms with Crippen molar-refractivity contribution in [2.75, 3.05) is 4.90 Å². The normalized spacial score (nSPS) is 17.8. The number of aromatic amines is 1. The number of Topliss-reactive ketones (excluding diaryl/α,β-unsaturated/α-hetero) is 1. The maximum absolute atomic E-state index is 13.3. The van der Waals surface area contributed by atoms with Crippen molar-refractivity contribution in [3.8, 4) is 0 Å². The Morgan fingerprint density at radius 2 is 1.76 bits per heavy atom. The number of hydrogen-bond acceptors (Lipinski definition) is 3. The van der Waals surface area contributed by atoms with E-state index >= 15 is 0 Å². The van der Waals surface area contributed by atoms with Gasteiger partial charge in [-0.2, -0.15) is 0 Å². The van der Waals surface area contributed by atoms with Gasteiger partial charge in [0.05, 0.1) is 21.7 Å². The van der Waals surface area contributed by atoms with E-state index in [1.807, 2.05) is 49.4 Å². The van der Waals surface area contributed by atoms with Gasteiger partial charge < -0.3 is 10.1 Å². The van der Waals surface area contributed by atoms with Crippen molar-refractivity contribution in [1.29, 1.82) is 0 Å². The lowest BCUT2D eigenvalue weighted by Crippen LogP contribution is -2.29. The molecule has 1 aromatic heterocycles. The van der Waals surface area contributed by atoms with Gasteiger partial charge in [0.25, 0.3) is 11.7 Å². The van der Waals surface area contributed by atoms with Crippen LogP contribution in [0.2, 0.25) is 10.0 Å². The largest absolute Gasteiger partial charge is 0.507 e. The first-order valence-corrected chi connectivity index (χ1v) is 11.0. The molecule has 1 aliphatic rings. The summed E-state index contributed by atoms with van der Waals surface area (Å²) < 4.78 is 0. The van der Waals surface area contributed by atoms with E-state index < -0.39 is 17.7 Å². The van der Waals surface area contributed by atoms with Crippen LogP contribution < -0.4 is 4.90 Å². The molecule has 33 heavy (non-hydrogen) atoms. The lowest BCUT2D eigenvalue weighted by molar-refractivity contribution is -0.132. The number of hydrogen-bond donors (Lipinski definition) is 2. The third kappa shape index (κ3) is 3.50. The van der Waals surface area contributed by atoms with Gasteiger partial charge in [-0.3, -0.25) is 14.5 Å². The number of fused-ring (bicyclic) bond motifs is 1. The Hall–Kier alpha value is -3.54. The van der Waals surface area contributed by atoms with Gasteiger partial charge in [0.1, 0.15) is 5.76 Å². The number of carbonyl (C=O) groups is 2. The highest BCUT2D eigenvalue weighted by atomic mass is 35.5. The molecule has 1 aliphatic heterocycles. The SMILES string of the molecule is Cc1cccc(N2C(=O)C(=O)/C(=C(\O)c3c[nH]c4ccccc34)C2c2ccc(Cl)c(Cl)c2)c1. The van der Waals surface area contributed by atoms with E-state index in [1.54, 1.807) is 30.5 Å². The second kappa shape index (κ2) is 8.10. The molecule has 1 amide bonds. The molecule has 7 heteroatoms. The molecule has 5 nitrogen and oxygen atoms in total. The Bertz CT molecular complexity index is 1470. The molecule has 2 heterocycles. The third-order valence-electron chi connectivity index (χ3n) is 5.83. The van der Waals surface area contributed by atoms with Crippen LogP contribution in [-0.2, 0) is 9.59 Å². The van der Waals surface area contributed by atoms with Crippen molar-refractivity contribution >= 4 is 57.2 Å². The van der Waals surface area contributed by atoms with Crippen LogP contribution in [0.15, 0.2) is 78.5 Å². The van der Waals surface area contributed by atoms with E-state index in [0.717, 1.165) is 16.5 Å². The molecule has 0 saturated carbocycles. The summed E-state index contributed by atoms with van der Waals surface area (Å²) in [4.78, 5) is 31.1. The van der Waals surface area contributed by atoms with Gasteiger partial charge in [-0.25, -0.2) is 0 Å². The van der Waals surface area contributed by atoms with E-state index in [9.17, 15) is 14.7 Å². The number of para-hydroxylation sites is 1. The molecule has 3 aromatic carbocycles. The summed E-state index contributed by atoms with van der Waals surface area (Å²) >= 11 is 12.4. The predicted octanol–water partition coefficient (Wildman–Crippen LogP) is 6.41. The van der Waals surface area contributed by atoms with Crippen molar-refractivity contribution in [2.24, 2.45) is 0 Å². The molecular formula is C26H18Cl2N2O3. The Balaban J connectivity index is 1.78. The average molecular weight is 477 g/mol. The summed E-state index contributed by atoms with van der Waals surface area (Å²) in [6, 6.07) is 18.8. The van der Waals surface area contributed by atoms with Crippen LogP contribution in [0.5, 0.6) is 0 Å². The molecule has 1 fully saturated rings. The summed E-state index contributed by atoms with van der Waals surface area (Å²) in [6.45, 7) is 1.90. The van der Waals surface area contributed by atoms with Crippen LogP contribution in [-0.4, -0.2) is 21.8 Å². The Morgan fingerprint density at radius 1 is 0.970 bits per heavy atom. The molecular weight excluding hydrogens is 459 g/mol. The zero-order valence-corrected chi connectivity index (χ0v) is 19.0. The molecule has 4 aromatic rings. The maximum Gasteiger partial charge on any atom is 0.300 e. The molecule has 0 spiro atoms. The number of nitrogens with one attached hydrogen (secondary N) is 1. The van der Waals surface area contributed by atoms with Gasteiger partial charge in [0.15, 0.2) is 0 Å². The summed E-state index contributed by atoms with van der Waals surface area (Å²) in [6.07, 6.45) is 1.63. The van der Waals surface area contributed by atoms with Crippen molar-refractivity contribution < 1.29 is 14.7 Å². The number of amides is 1. The fraction of sp³-hybridized carbons (Fsp3) is 0.0769. The lowest BCUT2D eigenvalue weighted by atomic mass is 9.95. The van der Waals surface area contributed by atoms with E-state index in [1.165, 1.54) is 4.90 Å². The molecule has 0 radical (unpaired) electrons. The van der Waals surface area contributed by atoms with Gasteiger partial charge in [-0.15, -0.1) is 0 Å². The number of ketones is 1. The van der Waals surface area contributed by atoms with E-state index in [-0.39, 0.29) is 16.4 Å². The summed E-state index contributed by atoms with van der Waals surface area (Å²) in [7, 11) is 0. The van der Waals surface area contributed by atoms with Crippen LogP contribution in [0.3, 0.4) is 0 Å². The minimum absolute atomic E-state index is 0.00958. The molecule has 0 aliphatic carbocycles. The topological polar surface area (TPSA) is 73.4 Å². The van der Waals surface area contributed by atoms with E-state index in [0.29, 0.717) is 21.8 Å². The van der Waals surface area contributed by atoms with Crippen molar-refractivity contribution in [3.05, 3.63) is 105 Å². The average Bonchev–Trinajstić information content (AvgIpc) is 3.34. The number of rotatable bonds is 3.